The average Bonchev–Trinajstić information content (AvgIpc) is 2.60. The Labute approximate surface area is 184 Å². The van der Waals surface area contributed by atoms with Gasteiger partial charge in [0.2, 0.25) is 0 Å². The highest BCUT2D eigenvalue weighted by Gasteiger charge is 2.32. The summed E-state index contributed by atoms with van der Waals surface area (Å²) in [5.74, 6) is 1.64. The van der Waals surface area contributed by atoms with Crippen LogP contribution in [0.15, 0.2) is 4.99 Å². The Kier molecular flexibility index (Phi) is 15.4. The topological polar surface area (TPSA) is 59.9 Å². The number of likely N-dealkylation sites (tertiary alicyclic amines) is 1. The molecule has 0 radical (unpaired) electrons. The first-order valence-corrected chi connectivity index (χ1v) is 10.3. The first kappa shape index (κ1) is 27.7. The molecule has 1 fully saturated rings. The molecule has 28 heavy (non-hydrogen) atoms. The number of rotatable bonds is 11. The summed E-state index contributed by atoms with van der Waals surface area (Å²) in [7, 11) is 0. The van der Waals surface area contributed by atoms with Crippen LogP contribution in [0.4, 0.5) is 13.2 Å². The highest BCUT2D eigenvalue weighted by Crippen LogP contribution is 2.23. The van der Waals surface area contributed by atoms with E-state index in [4.69, 9.17) is 5.11 Å². The van der Waals surface area contributed by atoms with Crippen LogP contribution in [0.3, 0.4) is 0 Å². The van der Waals surface area contributed by atoms with E-state index >= 15 is 0 Å². The van der Waals surface area contributed by atoms with Crippen LogP contribution in [0.25, 0.3) is 0 Å². The molecular weight excluding hydrogens is 484 g/mol. The zero-order chi connectivity index (χ0) is 20.1. The third-order valence-electron chi connectivity index (χ3n) is 5.04. The summed E-state index contributed by atoms with van der Waals surface area (Å²) in [5, 5.41) is 15.7. The van der Waals surface area contributed by atoms with Gasteiger partial charge in [-0.2, -0.15) is 13.2 Å². The number of halogens is 4. The number of hydrogen-bond acceptors (Lipinski definition) is 3. The summed E-state index contributed by atoms with van der Waals surface area (Å²) >= 11 is 0. The lowest BCUT2D eigenvalue weighted by molar-refractivity contribution is -0.148. The molecular formula is C19H38F3IN4O. The summed E-state index contributed by atoms with van der Waals surface area (Å²) in [4.78, 5) is 6.14. The molecule has 0 bridgehead atoms. The van der Waals surface area contributed by atoms with Gasteiger partial charge in [-0.15, -0.1) is 24.0 Å². The van der Waals surface area contributed by atoms with Crippen molar-refractivity contribution in [3.63, 3.8) is 0 Å². The molecule has 5 nitrogen and oxygen atoms in total. The number of piperidine rings is 1. The number of aliphatic hydroxyl groups excluding tert-OH is 1. The maximum Gasteiger partial charge on any atom is 0.401 e. The van der Waals surface area contributed by atoms with Gasteiger partial charge in [-0.25, -0.2) is 0 Å². The SMILES string of the molecule is CCCC(CCO)CN=C(NCC)NCCC1CCN(CC(F)(F)F)CC1.I. The van der Waals surface area contributed by atoms with Crippen molar-refractivity contribution in [2.75, 3.05) is 45.9 Å². The second-order valence-electron chi connectivity index (χ2n) is 7.44. The second kappa shape index (κ2) is 15.5. The number of nitrogens with zero attached hydrogens (tertiary/aromatic N) is 2. The van der Waals surface area contributed by atoms with Gasteiger partial charge in [-0.1, -0.05) is 13.3 Å². The molecule has 3 N–H and O–H groups in total. The molecule has 0 aliphatic carbocycles. The molecule has 1 unspecified atom stereocenters. The zero-order valence-electron chi connectivity index (χ0n) is 17.2. The van der Waals surface area contributed by atoms with Gasteiger partial charge in [0.15, 0.2) is 5.96 Å². The molecule has 1 rings (SSSR count). The van der Waals surface area contributed by atoms with E-state index in [0.29, 0.717) is 31.5 Å². The lowest BCUT2D eigenvalue weighted by Gasteiger charge is -2.32. The molecule has 1 aliphatic heterocycles. The van der Waals surface area contributed by atoms with Crippen LogP contribution < -0.4 is 10.6 Å². The summed E-state index contributed by atoms with van der Waals surface area (Å²) in [6.45, 7) is 6.85. The Morgan fingerprint density at radius 3 is 2.39 bits per heavy atom. The maximum absolute atomic E-state index is 12.4. The smallest absolute Gasteiger partial charge is 0.396 e. The largest absolute Gasteiger partial charge is 0.401 e. The number of alkyl halides is 3. The molecule has 1 atom stereocenters. The molecule has 1 saturated heterocycles. The van der Waals surface area contributed by atoms with Crippen molar-refractivity contribution < 1.29 is 18.3 Å². The highest BCUT2D eigenvalue weighted by molar-refractivity contribution is 14.0. The van der Waals surface area contributed by atoms with E-state index in [0.717, 1.165) is 57.6 Å². The van der Waals surface area contributed by atoms with Gasteiger partial charge in [0, 0.05) is 26.2 Å². The zero-order valence-corrected chi connectivity index (χ0v) is 19.6. The summed E-state index contributed by atoms with van der Waals surface area (Å²) in [5.41, 5.74) is 0. The number of nitrogens with one attached hydrogen (secondary N) is 2. The van der Waals surface area contributed by atoms with Gasteiger partial charge in [-0.05, 0) is 64.0 Å². The summed E-state index contributed by atoms with van der Waals surface area (Å²) in [6.07, 6.45) is 1.39. The predicted octanol–water partition coefficient (Wildman–Crippen LogP) is 3.62. The fourth-order valence-electron chi connectivity index (χ4n) is 3.56. The van der Waals surface area contributed by atoms with Crippen molar-refractivity contribution in [2.24, 2.45) is 16.8 Å². The van der Waals surface area contributed by atoms with Gasteiger partial charge in [0.25, 0.3) is 0 Å². The Morgan fingerprint density at radius 1 is 1.18 bits per heavy atom. The van der Waals surface area contributed by atoms with Crippen LogP contribution in [-0.4, -0.2) is 68.0 Å². The van der Waals surface area contributed by atoms with Crippen molar-refractivity contribution in [1.82, 2.24) is 15.5 Å². The quantitative estimate of drug-likeness (QED) is 0.221. The normalized spacial score (nSPS) is 17.9. The first-order valence-electron chi connectivity index (χ1n) is 10.3. The fourth-order valence-corrected chi connectivity index (χ4v) is 3.56. The molecule has 0 spiro atoms. The predicted molar refractivity (Wildman–Crippen MR) is 119 cm³/mol. The van der Waals surface area contributed by atoms with Crippen LogP contribution in [-0.2, 0) is 0 Å². The van der Waals surface area contributed by atoms with Gasteiger partial charge in [0.1, 0.15) is 0 Å². The van der Waals surface area contributed by atoms with Crippen molar-refractivity contribution in [3.05, 3.63) is 0 Å². The van der Waals surface area contributed by atoms with Gasteiger partial charge in [-0.3, -0.25) is 9.89 Å². The van der Waals surface area contributed by atoms with E-state index < -0.39 is 12.7 Å². The third-order valence-corrected chi connectivity index (χ3v) is 5.04. The van der Waals surface area contributed by atoms with E-state index in [1.54, 1.807) is 0 Å². The van der Waals surface area contributed by atoms with E-state index in [2.05, 4.69) is 22.5 Å². The van der Waals surface area contributed by atoms with Crippen LogP contribution in [0.5, 0.6) is 0 Å². The van der Waals surface area contributed by atoms with Crippen molar-refractivity contribution in [1.29, 1.82) is 0 Å². The average molecular weight is 522 g/mol. The number of aliphatic hydroxyl groups is 1. The third kappa shape index (κ3) is 13.0. The minimum absolute atomic E-state index is 0. The number of hydrogen-bond donors (Lipinski definition) is 3. The molecule has 168 valence electrons. The van der Waals surface area contributed by atoms with Crippen LogP contribution in [0.1, 0.15) is 52.4 Å². The van der Waals surface area contributed by atoms with E-state index in [1.807, 2.05) is 6.92 Å². The number of guanidine groups is 1. The van der Waals surface area contributed by atoms with Crippen molar-refractivity contribution in [3.8, 4) is 0 Å². The molecule has 1 aliphatic rings. The van der Waals surface area contributed by atoms with Crippen molar-refractivity contribution >= 4 is 29.9 Å². The molecule has 0 saturated carbocycles. The Hall–Kier alpha value is -0.290. The minimum atomic E-state index is -4.10. The Bertz CT molecular complexity index is 410. The lowest BCUT2D eigenvalue weighted by Crippen LogP contribution is -2.41. The molecule has 0 aromatic rings. The maximum atomic E-state index is 12.4. The summed E-state index contributed by atoms with van der Waals surface area (Å²) in [6, 6.07) is 0. The molecule has 1 heterocycles. The van der Waals surface area contributed by atoms with E-state index in [-0.39, 0.29) is 30.6 Å². The fraction of sp³-hybridized carbons (Fsp3) is 0.947. The molecule has 0 aromatic carbocycles. The van der Waals surface area contributed by atoms with E-state index in [1.165, 1.54) is 4.90 Å². The lowest BCUT2D eigenvalue weighted by atomic mass is 9.93. The van der Waals surface area contributed by atoms with Crippen LogP contribution in [0.2, 0.25) is 0 Å². The first-order chi connectivity index (χ1) is 12.9. The highest BCUT2D eigenvalue weighted by atomic mass is 127. The molecule has 0 amide bonds. The van der Waals surface area contributed by atoms with Crippen LogP contribution in [0, 0.1) is 11.8 Å². The van der Waals surface area contributed by atoms with Crippen LogP contribution >= 0.6 is 24.0 Å². The van der Waals surface area contributed by atoms with Gasteiger partial charge in [0.05, 0.1) is 6.54 Å². The monoisotopic (exact) mass is 522 g/mol. The van der Waals surface area contributed by atoms with Crippen molar-refractivity contribution in [2.45, 2.75) is 58.5 Å². The minimum Gasteiger partial charge on any atom is -0.396 e. The molecule has 0 aromatic heterocycles. The number of aliphatic imine (C=N–C) groups is 1. The second-order valence-corrected chi connectivity index (χ2v) is 7.44. The van der Waals surface area contributed by atoms with Gasteiger partial charge >= 0.3 is 6.18 Å². The summed E-state index contributed by atoms with van der Waals surface area (Å²) < 4.78 is 37.3. The Balaban J connectivity index is 0.00000729. The van der Waals surface area contributed by atoms with Gasteiger partial charge < -0.3 is 15.7 Å². The standard InChI is InChI=1S/C19H37F3N4O.HI/c1-3-5-17(9-13-27)14-25-18(23-4-2)24-10-6-16-7-11-26(12-8-16)15-19(20,21)22;/h16-17,27H,3-15H2,1-2H3,(H2,23,24,25);1H. The Morgan fingerprint density at radius 2 is 1.86 bits per heavy atom. The van der Waals surface area contributed by atoms with E-state index in [9.17, 15) is 13.2 Å². The molecule has 9 heteroatoms.